The monoisotopic (exact) mass is 365 g/mol. The average molecular weight is 365 g/mol. The number of hydrogen-bond acceptors (Lipinski definition) is 3. The normalized spacial score (nSPS) is 16.9. The molecule has 0 fully saturated rings. The molecule has 5 nitrogen and oxygen atoms in total. The smallest absolute Gasteiger partial charge is 0.227 e. The van der Waals surface area contributed by atoms with Crippen LogP contribution in [0.15, 0.2) is 60.9 Å². The van der Waals surface area contributed by atoms with Crippen molar-refractivity contribution in [1.29, 1.82) is 0 Å². The van der Waals surface area contributed by atoms with Crippen LogP contribution in [0, 0.1) is 11.7 Å². The van der Waals surface area contributed by atoms with Crippen LogP contribution in [0.2, 0.25) is 0 Å². The fourth-order valence-electron chi connectivity index (χ4n) is 3.36. The second kappa shape index (κ2) is 7.23. The number of carbonyl (C=O) groups is 1. The number of aromatic nitrogens is 2. The Labute approximate surface area is 156 Å². The Balaban J connectivity index is 1.58. The number of amides is 1. The lowest BCUT2D eigenvalue weighted by Gasteiger charge is -2.27. The van der Waals surface area contributed by atoms with E-state index in [-0.39, 0.29) is 17.6 Å². The first-order valence-electron chi connectivity index (χ1n) is 8.85. The Morgan fingerprint density at radius 1 is 1.26 bits per heavy atom. The third-order valence-corrected chi connectivity index (χ3v) is 4.86. The lowest BCUT2D eigenvalue weighted by Crippen LogP contribution is -2.40. The van der Waals surface area contributed by atoms with E-state index in [4.69, 9.17) is 4.74 Å². The molecule has 0 saturated heterocycles. The molecular formula is C21H20FN3O2. The summed E-state index contributed by atoms with van der Waals surface area (Å²) < 4.78 is 20.9. The van der Waals surface area contributed by atoms with Crippen LogP contribution in [0.1, 0.15) is 23.0 Å². The number of fused-ring (bicyclic) bond motifs is 1. The highest BCUT2D eigenvalue weighted by atomic mass is 19.1. The zero-order valence-electron chi connectivity index (χ0n) is 14.9. The van der Waals surface area contributed by atoms with Gasteiger partial charge in [-0.3, -0.25) is 4.79 Å². The molecule has 6 heteroatoms. The summed E-state index contributed by atoms with van der Waals surface area (Å²) in [6.07, 6.45) is 4.12. The van der Waals surface area contributed by atoms with E-state index in [0.717, 1.165) is 16.9 Å². The Kier molecular flexibility index (Phi) is 4.62. The minimum atomic E-state index is -0.463. The van der Waals surface area contributed by atoms with Crippen LogP contribution in [-0.2, 0) is 18.3 Å². The highest BCUT2D eigenvalue weighted by molar-refractivity contribution is 5.80. The molecule has 27 heavy (non-hydrogen) atoms. The molecule has 0 spiro atoms. The Bertz CT molecular complexity index is 952. The zero-order chi connectivity index (χ0) is 18.8. The van der Waals surface area contributed by atoms with Gasteiger partial charge in [0.05, 0.1) is 5.92 Å². The van der Waals surface area contributed by atoms with E-state index in [9.17, 15) is 9.18 Å². The van der Waals surface area contributed by atoms with Crippen LogP contribution in [0.25, 0.3) is 0 Å². The van der Waals surface area contributed by atoms with Crippen LogP contribution < -0.4 is 10.1 Å². The molecule has 4 rings (SSSR count). The first kappa shape index (κ1) is 17.3. The van der Waals surface area contributed by atoms with Crippen molar-refractivity contribution < 1.29 is 13.9 Å². The van der Waals surface area contributed by atoms with Crippen molar-refractivity contribution in [3.63, 3.8) is 0 Å². The largest absolute Gasteiger partial charge is 0.492 e. The molecule has 1 N–H and O–H groups in total. The SMILES string of the molecule is Cn1ccnc1[C@@H](NC(=O)[C@@H]1COc2ccccc2C1)c1ccc(F)cc1. The molecule has 2 atom stereocenters. The van der Waals surface area contributed by atoms with Gasteiger partial charge in [0, 0.05) is 19.4 Å². The molecular weight excluding hydrogens is 345 g/mol. The first-order valence-corrected chi connectivity index (χ1v) is 8.85. The number of imidazole rings is 1. The van der Waals surface area contributed by atoms with Gasteiger partial charge in [-0.1, -0.05) is 30.3 Å². The third-order valence-electron chi connectivity index (χ3n) is 4.86. The molecule has 2 heterocycles. The number of para-hydroxylation sites is 1. The van der Waals surface area contributed by atoms with Gasteiger partial charge in [-0.15, -0.1) is 0 Å². The third kappa shape index (κ3) is 3.56. The van der Waals surface area contributed by atoms with E-state index in [2.05, 4.69) is 10.3 Å². The summed E-state index contributed by atoms with van der Waals surface area (Å²) in [6.45, 7) is 0.333. The second-order valence-electron chi connectivity index (χ2n) is 6.71. The second-order valence-corrected chi connectivity index (χ2v) is 6.71. The molecule has 0 bridgehead atoms. The van der Waals surface area contributed by atoms with Gasteiger partial charge in [0.2, 0.25) is 5.91 Å². The maximum Gasteiger partial charge on any atom is 0.227 e. The summed E-state index contributed by atoms with van der Waals surface area (Å²) in [6, 6.07) is 13.4. The number of halogens is 1. The number of nitrogens with one attached hydrogen (secondary N) is 1. The highest BCUT2D eigenvalue weighted by Crippen LogP contribution is 2.28. The number of benzene rings is 2. The van der Waals surface area contributed by atoms with Crippen molar-refractivity contribution in [1.82, 2.24) is 14.9 Å². The predicted octanol–water partition coefficient (Wildman–Crippen LogP) is 3.02. The Hall–Kier alpha value is -3.15. The molecule has 1 aliphatic heterocycles. The number of ether oxygens (including phenoxy) is 1. The average Bonchev–Trinajstić information content (AvgIpc) is 3.12. The van der Waals surface area contributed by atoms with Crippen LogP contribution in [-0.4, -0.2) is 22.1 Å². The Morgan fingerprint density at radius 3 is 2.78 bits per heavy atom. The van der Waals surface area contributed by atoms with E-state index >= 15 is 0 Å². The number of carbonyl (C=O) groups excluding carboxylic acids is 1. The highest BCUT2D eigenvalue weighted by Gasteiger charge is 2.29. The molecule has 0 radical (unpaired) electrons. The predicted molar refractivity (Wildman–Crippen MR) is 98.7 cm³/mol. The lowest BCUT2D eigenvalue weighted by molar-refractivity contribution is -0.126. The van der Waals surface area contributed by atoms with Gasteiger partial charge in [0.1, 0.15) is 30.0 Å². The fourth-order valence-corrected chi connectivity index (χ4v) is 3.36. The molecule has 138 valence electrons. The molecule has 0 unspecified atom stereocenters. The van der Waals surface area contributed by atoms with Crippen molar-refractivity contribution in [2.24, 2.45) is 13.0 Å². The number of hydrogen-bond donors (Lipinski definition) is 1. The molecule has 3 aromatic rings. The quantitative estimate of drug-likeness (QED) is 0.773. The van der Waals surface area contributed by atoms with Crippen molar-refractivity contribution in [3.05, 3.63) is 83.7 Å². The van der Waals surface area contributed by atoms with E-state index in [1.54, 1.807) is 18.3 Å². The topological polar surface area (TPSA) is 56.2 Å². The summed E-state index contributed by atoms with van der Waals surface area (Å²) in [5, 5.41) is 3.07. The number of nitrogens with zero attached hydrogens (tertiary/aromatic N) is 2. The van der Waals surface area contributed by atoms with Crippen molar-refractivity contribution >= 4 is 5.91 Å². The summed E-state index contributed by atoms with van der Waals surface area (Å²) in [5.41, 5.74) is 1.80. The Morgan fingerprint density at radius 2 is 2.04 bits per heavy atom. The van der Waals surface area contributed by atoms with Gasteiger partial charge >= 0.3 is 0 Å². The minimum absolute atomic E-state index is 0.109. The van der Waals surface area contributed by atoms with Crippen molar-refractivity contribution in [2.45, 2.75) is 12.5 Å². The van der Waals surface area contributed by atoms with Gasteiger partial charge < -0.3 is 14.6 Å². The molecule has 0 aliphatic carbocycles. The summed E-state index contributed by atoms with van der Waals surface area (Å²) >= 11 is 0. The van der Waals surface area contributed by atoms with Gasteiger partial charge in [0.15, 0.2) is 0 Å². The maximum atomic E-state index is 13.3. The van der Waals surface area contributed by atoms with Gasteiger partial charge in [-0.25, -0.2) is 9.37 Å². The van der Waals surface area contributed by atoms with E-state index in [0.29, 0.717) is 18.9 Å². The molecule has 1 aliphatic rings. The minimum Gasteiger partial charge on any atom is -0.492 e. The zero-order valence-corrected chi connectivity index (χ0v) is 14.9. The summed E-state index contributed by atoms with van der Waals surface area (Å²) in [7, 11) is 1.87. The van der Waals surface area contributed by atoms with E-state index in [1.807, 2.05) is 42.1 Å². The number of rotatable bonds is 4. The molecule has 2 aromatic carbocycles. The standard InChI is InChI=1S/C21H20FN3O2/c1-25-11-10-23-20(25)19(14-6-8-17(22)9-7-14)24-21(26)16-12-15-4-2-3-5-18(15)27-13-16/h2-11,16,19H,12-13H2,1H3,(H,24,26)/t16-,19-/m0/s1. The van der Waals surface area contributed by atoms with E-state index in [1.165, 1.54) is 12.1 Å². The first-order chi connectivity index (χ1) is 13.1. The maximum absolute atomic E-state index is 13.3. The molecule has 0 saturated carbocycles. The summed E-state index contributed by atoms with van der Waals surface area (Å²) in [5.74, 6) is 0.804. The van der Waals surface area contributed by atoms with Crippen molar-refractivity contribution in [2.75, 3.05) is 6.61 Å². The van der Waals surface area contributed by atoms with Gasteiger partial charge in [-0.05, 0) is 35.7 Å². The number of aryl methyl sites for hydroxylation is 1. The van der Waals surface area contributed by atoms with Gasteiger partial charge in [0.25, 0.3) is 0 Å². The van der Waals surface area contributed by atoms with Crippen LogP contribution in [0.5, 0.6) is 5.75 Å². The van der Waals surface area contributed by atoms with Crippen LogP contribution >= 0.6 is 0 Å². The van der Waals surface area contributed by atoms with E-state index < -0.39 is 6.04 Å². The lowest BCUT2D eigenvalue weighted by atomic mass is 9.95. The fraction of sp³-hybridized carbons (Fsp3) is 0.238. The van der Waals surface area contributed by atoms with Gasteiger partial charge in [-0.2, -0.15) is 0 Å². The van der Waals surface area contributed by atoms with Crippen molar-refractivity contribution in [3.8, 4) is 5.75 Å². The molecule has 1 amide bonds. The molecule has 1 aromatic heterocycles. The van der Waals surface area contributed by atoms with Crippen LogP contribution in [0.4, 0.5) is 4.39 Å². The van der Waals surface area contributed by atoms with Crippen LogP contribution in [0.3, 0.4) is 0 Å². The summed E-state index contributed by atoms with van der Waals surface area (Å²) in [4.78, 5) is 17.3.